The number of benzene rings is 2. The van der Waals surface area contributed by atoms with Gasteiger partial charge < -0.3 is 0 Å². The molecule has 2 aromatic rings. The van der Waals surface area contributed by atoms with E-state index in [9.17, 15) is 9.59 Å². The predicted molar refractivity (Wildman–Crippen MR) is 96.0 cm³/mol. The van der Waals surface area contributed by atoms with Gasteiger partial charge in [-0.05, 0) is 66.5 Å². The highest BCUT2D eigenvalue weighted by Gasteiger charge is 2.49. The molecule has 1 heterocycles. The molecule has 3 aliphatic rings. The first-order chi connectivity index (χ1) is 12.0. The van der Waals surface area contributed by atoms with Crippen LogP contribution in [0.3, 0.4) is 0 Å². The molecule has 0 unspecified atom stereocenters. The lowest BCUT2D eigenvalue weighted by Gasteiger charge is -2.46. The van der Waals surface area contributed by atoms with Crippen molar-refractivity contribution in [2.75, 3.05) is 7.05 Å². The number of rotatable bonds is 0. The van der Waals surface area contributed by atoms with Crippen LogP contribution in [0.15, 0.2) is 30.3 Å². The van der Waals surface area contributed by atoms with Gasteiger partial charge in [0.25, 0.3) is 5.91 Å². The Balaban J connectivity index is 1.81. The van der Waals surface area contributed by atoms with Crippen molar-refractivity contribution in [2.45, 2.75) is 44.4 Å². The Kier molecular flexibility index (Phi) is 2.87. The fourth-order valence-corrected chi connectivity index (χ4v) is 5.54. The van der Waals surface area contributed by atoms with Crippen LogP contribution in [-0.4, -0.2) is 23.8 Å². The minimum absolute atomic E-state index is 0.0405. The molecule has 2 amide bonds. The van der Waals surface area contributed by atoms with Gasteiger partial charge in [0.15, 0.2) is 0 Å². The number of amides is 2. The number of hydrogen-bond acceptors (Lipinski definition) is 2. The number of hydrogen-bond donors (Lipinski definition) is 0. The SMILES string of the molecule is Cc1cc(C)c2c(c1)C[C@H]1C[C@@H]2[C@@H]2C(=O)N(C)C(=O)c3cccc1c32. The molecule has 2 bridgehead atoms. The third-order valence-electron chi connectivity index (χ3n) is 6.42. The lowest BCUT2D eigenvalue weighted by atomic mass is 9.59. The van der Waals surface area contributed by atoms with Crippen molar-refractivity contribution >= 4 is 11.8 Å². The summed E-state index contributed by atoms with van der Waals surface area (Å²) in [4.78, 5) is 27.1. The first-order valence-corrected chi connectivity index (χ1v) is 9.02. The molecule has 0 fully saturated rings. The molecule has 0 N–H and O–H groups in total. The van der Waals surface area contributed by atoms with Gasteiger partial charge in [-0.1, -0.05) is 29.8 Å². The van der Waals surface area contributed by atoms with Crippen molar-refractivity contribution in [3.05, 3.63) is 69.3 Å². The second-order valence-corrected chi connectivity index (χ2v) is 7.89. The quantitative estimate of drug-likeness (QED) is 0.688. The molecule has 5 rings (SSSR count). The first-order valence-electron chi connectivity index (χ1n) is 9.02. The van der Waals surface area contributed by atoms with Crippen LogP contribution in [0.25, 0.3) is 0 Å². The summed E-state index contributed by atoms with van der Waals surface area (Å²) in [6, 6.07) is 10.5. The summed E-state index contributed by atoms with van der Waals surface area (Å²) in [7, 11) is 1.62. The number of fused-ring (bicyclic) bond motifs is 6. The summed E-state index contributed by atoms with van der Waals surface area (Å²) in [5.74, 6) is 0.186. The van der Waals surface area contributed by atoms with Crippen molar-refractivity contribution in [3.63, 3.8) is 0 Å². The fourth-order valence-electron chi connectivity index (χ4n) is 5.54. The molecule has 25 heavy (non-hydrogen) atoms. The summed E-state index contributed by atoms with van der Waals surface area (Å²) < 4.78 is 0. The number of imide groups is 1. The molecule has 3 nitrogen and oxygen atoms in total. The van der Waals surface area contributed by atoms with Crippen molar-refractivity contribution in [2.24, 2.45) is 0 Å². The molecule has 0 spiro atoms. The lowest BCUT2D eigenvalue weighted by molar-refractivity contribution is -0.130. The van der Waals surface area contributed by atoms with E-state index in [0.717, 1.165) is 24.0 Å². The maximum atomic E-state index is 13.1. The van der Waals surface area contributed by atoms with Crippen LogP contribution in [0.4, 0.5) is 0 Å². The van der Waals surface area contributed by atoms with E-state index >= 15 is 0 Å². The lowest BCUT2D eigenvalue weighted by Crippen LogP contribution is -2.47. The minimum atomic E-state index is -0.217. The van der Waals surface area contributed by atoms with Crippen molar-refractivity contribution in [1.29, 1.82) is 0 Å². The van der Waals surface area contributed by atoms with E-state index in [4.69, 9.17) is 0 Å². The van der Waals surface area contributed by atoms with E-state index in [1.165, 1.54) is 32.7 Å². The van der Waals surface area contributed by atoms with Crippen LogP contribution in [0.2, 0.25) is 0 Å². The van der Waals surface area contributed by atoms with E-state index in [0.29, 0.717) is 5.92 Å². The Morgan fingerprint density at radius 3 is 2.68 bits per heavy atom. The third kappa shape index (κ3) is 1.81. The molecule has 0 radical (unpaired) electrons. The number of carbonyl (C=O) groups is 2. The van der Waals surface area contributed by atoms with Gasteiger partial charge in [-0.2, -0.15) is 0 Å². The first kappa shape index (κ1) is 14.9. The van der Waals surface area contributed by atoms with E-state index in [-0.39, 0.29) is 23.7 Å². The monoisotopic (exact) mass is 331 g/mol. The van der Waals surface area contributed by atoms with Crippen molar-refractivity contribution < 1.29 is 9.59 Å². The smallest absolute Gasteiger partial charge is 0.260 e. The molecular weight excluding hydrogens is 310 g/mol. The summed E-state index contributed by atoms with van der Waals surface area (Å²) >= 11 is 0. The second kappa shape index (κ2) is 4.81. The van der Waals surface area contributed by atoms with E-state index in [1.54, 1.807) is 7.05 Å². The summed E-state index contributed by atoms with van der Waals surface area (Å²) in [6.45, 7) is 4.30. The Morgan fingerprint density at radius 2 is 1.88 bits per heavy atom. The van der Waals surface area contributed by atoms with Gasteiger partial charge in [0.05, 0.1) is 5.92 Å². The average molecular weight is 331 g/mol. The van der Waals surface area contributed by atoms with Crippen LogP contribution in [0.5, 0.6) is 0 Å². The van der Waals surface area contributed by atoms with Crippen molar-refractivity contribution in [1.82, 2.24) is 4.90 Å². The summed E-state index contributed by atoms with van der Waals surface area (Å²) in [5.41, 5.74) is 8.28. The van der Waals surface area contributed by atoms with E-state index in [1.807, 2.05) is 12.1 Å². The second-order valence-electron chi connectivity index (χ2n) is 7.89. The van der Waals surface area contributed by atoms with Gasteiger partial charge in [0, 0.05) is 18.5 Å². The van der Waals surface area contributed by atoms with Gasteiger partial charge in [-0.25, -0.2) is 0 Å². The number of aryl methyl sites for hydroxylation is 2. The van der Waals surface area contributed by atoms with E-state index < -0.39 is 0 Å². The summed E-state index contributed by atoms with van der Waals surface area (Å²) in [6.07, 6.45) is 2.02. The fraction of sp³-hybridized carbons (Fsp3) is 0.364. The molecule has 0 aromatic heterocycles. The largest absolute Gasteiger partial charge is 0.281 e. The molecule has 0 saturated heterocycles. The standard InChI is InChI=1S/C22H21NO2/c1-11-7-12(2)18-14(8-11)9-13-10-17(18)20-19-15(13)5-4-6-16(19)21(24)23(3)22(20)25/h4-8,13,17,20H,9-10H2,1-3H3/t13-,17-,20-/m0/s1. The van der Waals surface area contributed by atoms with Crippen LogP contribution < -0.4 is 0 Å². The van der Waals surface area contributed by atoms with Crippen LogP contribution >= 0.6 is 0 Å². The Morgan fingerprint density at radius 1 is 1.08 bits per heavy atom. The highest BCUT2D eigenvalue weighted by atomic mass is 16.2. The van der Waals surface area contributed by atoms with Gasteiger partial charge in [0.2, 0.25) is 5.91 Å². The predicted octanol–water partition coefficient (Wildman–Crippen LogP) is 3.83. The highest BCUT2D eigenvalue weighted by Crippen LogP contribution is 2.56. The molecule has 1 aliphatic heterocycles. The third-order valence-corrected chi connectivity index (χ3v) is 6.42. The van der Waals surface area contributed by atoms with Gasteiger partial charge in [-0.15, -0.1) is 0 Å². The maximum Gasteiger partial charge on any atom is 0.260 e. The zero-order valence-electron chi connectivity index (χ0n) is 14.8. The topological polar surface area (TPSA) is 37.4 Å². The summed E-state index contributed by atoms with van der Waals surface area (Å²) in [5, 5.41) is 0. The molecular formula is C22H21NO2. The zero-order chi connectivity index (χ0) is 17.5. The number of likely N-dealkylation sites (N-methyl/N-ethyl adjacent to an activating group) is 1. The van der Waals surface area contributed by atoms with Crippen LogP contribution in [0, 0.1) is 13.8 Å². The molecule has 3 heteroatoms. The van der Waals surface area contributed by atoms with E-state index in [2.05, 4.69) is 32.0 Å². The Hall–Kier alpha value is -2.42. The van der Waals surface area contributed by atoms with Gasteiger partial charge in [-0.3, -0.25) is 14.5 Å². The number of carbonyl (C=O) groups excluding carboxylic acids is 2. The minimum Gasteiger partial charge on any atom is -0.281 e. The molecule has 3 atom stereocenters. The normalized spacial score (nSPS) is 26.4. The Bertz CT molecular complexity index is 959. The molecule has 2 aromatic carbocycles. The van der Waals surface area contributed by atoms with Crippen molar-refractivity contribution in [3.8, 4) is 0 Å². The zero-order valence-corrected chi connectivity index (χ0v) is 14.8. The molecule has 0 saturated carbocycles. The van der Waals surface area contributed by atoms with Crippen LogP contribution in [0.1, 0.15) is 67.9 Å². The highest BCUT2D eigenvalue weighted by molar-refractivity contribution is 6.12. The Labute approximate surface area is 147 Å². The van der Waals surface area contributed by atoms with Gasteiger partial charge in [0.1, 0.15) is 0 Å². The average Bonchev–Trinajstić information content (AvgIpc) is 2.58. The molecule has 126 valence electrons. The molecule has 2 aliphatic carbocycles. The number of nitrogens with zero attached hydrogens (tertiary/aromatic N) is 1. The van der Waals surface area contributed by atoms with Crippen LogP contribution in [-0.2, 0) is 11.2 Å². The van der Waals surface area contributed by atoms with Gasteiger partial charge >= 0.3 is 0 Å². The maximum absolute atomic E-state index is 13.1.